The Hall–Kier alpha value is -1.32. The summed E-state index contributed by atoms with van der Waals surface area (Å²) in [6, 6.07) is 0. The molecule has 15 heavy (non-hydrogen) atoms. The van der Waals surface area contributed by atoms with E-state index in [1.165, 1.54) is 12.8 Å². The van der Waals surface area contributed by atoms with E-state index in [4.69, 9.17) is 9.52 Å². The van der Waals surface area contributed by atoms with E-state index in [1.54, 1.807) is 0 Å². The van der Waals surface area contributed by atoms with Crippen LogP contribution in [0.3, 0.4) is 0 Å². The van der Waals surface area contributed by atoms with Crippen molar-refractivity contribution in [2.24, 2.45) is 5.92 Å². The molecule has 82 valence electrons. The molecule has 1 aliphatic rings. The zero-order valence-electron chi connectivity index (χ0n) is 8.82. The number of aromatic nitrogens is 1. The van der Waals surface area contributed by atoms with Crippen molar-refractivity contribution in [1.29, 1.82) is 0 Å². The molecule has 1 N–H and O–H groups in total. The molecule has 0 atom stereocenters. The second-order valence-corrected chi connectivity index (χ2v) is 4.09. The standard InChI is InChI=1S/C11H15NO3/c1-2-3-8-10(11(13)14)15-9(12-8)6-7-4-5-7/h7H,2-6H2,1H3,(H,13,14). The lowest BCUT2D eigenvalue weighted by Crippen LogP contribution is -1.99. The lowest BCUT2D eigenvalue weighted by atomic mass is 10.2. The second kappa shape index (κ2) is 4.04. The van der Waals surface area contributed by atoms with E-state index in [9.17, 15) is 4.79 Å². The summed E-state index contributed by atoms with van der Waals surface area (Å²) in [6.45, 7) is 2.00. The summed E-state index contributed by atoms with van der Waals surface area (Å²) in [5, 5.41) is 8.92. The fourth-order valence-electron chi connectivity index (χ4n) is 1.63. The van der Waals surface area contributed by atoms with Crippen molar-refractivity contribution in [3.8, 4) is 0 Å². The molecule has 1 fully saturated rings. The van der Waals surface area contributed by atoms with Crippen LogP contribution in [0.25, 0.3) is 0 Å². The van der Waals surface area contributed by atoms with Crippen molar-refractivity contribution >= 4 is 5.97 Å². The average Bonchev–Trinajstić information content (AvgIpc) is 2.88. The van der Waals surface area contributed by atoms with Crippen molar-refractivity contribution in [3.05, 3.63) is 17.3 Å². The first-order chi connectivity index (χ1) is 7.20. The number of aromatic carboxylic acids is 1. The normalized spacial score (nSPS) is 15.5. The number of carbonyl (C=O) groups is 1. The topological polar surface area (TPSA) is 63.3 Å². The lowest BCUT2D eigenvalue weighted by molar-refractivity contribution is 0.0658. The molecule has 0 radical (unpaired) electrons. The van der Waals surface area contributed by atoms with Gasteiger partial charge in [0.05, 0.1) is 5.69 Å². The van der Waals surface area contributed by atoms with Gasteiger partial charge in [0.2, 0.25) is 5.76 Å². The monoisotopic (exact) mass is 209 g/mol. The van der Waals surface area contributed by atoms with Gasteiger partial charge in [0.25, 0.3) is 0 Å². The Bertz CT molecular complexity index is 366. The van der Waals surface area contributed by atoms with E-state index >= 15 is 0 Å². The van der Waals surface area contributed by atoms with Crippen LogP contribution < -0.4 is 0 Å². The summed E-state index contributed by atoms with van der Waals surface area (Å²) in [6.07, 6.45) is 4.79. The van der Waals surface area contributed by atoms with E-state index in [0.717, 1.165) is 12.8 Å². The van der Waals surface area contributed by atoms with Crippen LogP contribution in [-0.2, 0) is 12.8 Å². The molecular formula is C11H15NO3. The molecule has 1 aromatic rings. The minimum Gasteiger partial charge on any atom is -0.475 e. The molecular weight excluding hydrogens is 194 g/mol. The Morgan fingerprint density at radius 3 is 2.87 bits per heavy atom. The van der Waals surface area contributed by atoms with E-state index in [2.05, 4.69) is 4.98 Å². The molecule has 0 aliphatic heterocycles. The molecule has 0 amide bonds. The molecule has 1 aromatic heterocycles. The Morgan fingerprint density at radius 1 is 1.60 bits per heavy atom. The van der Waals surface area contributed by atoms with Gasteiger partial charge in [-0.2, -0.15) is 0 Å². The molecule has 2 rings (SSSR count). The Kier molecular flexibility index (Phi) is 2.75. The number of carboxylic acid groups (broad SMARTS) is 1. The van der Waals surface area contributed by atoms with Crippen LogP contribution in [0, 0.1) is 5.92 Å². The van der Waals surface area contributed by atoms with Gasteiger partial charge >= 0.3 is 5.97 Å². The third kappa shape index (κ3) is 2.37. The molecule has 0 bridgehead atoms. The van der Waals surface area contributed by atoms with Crippen molar-refractivity contribution in [3.63, 3.8) is 0 Å². The quantitative estimate of drug-likeness (QED) is 0.808. The van der Waals surface area contributed by atoms with Gasteiger partial charge in [-0.05, 0) is 25.2 Å². The van der Waals surface area contributed by atoms with Crippen LogP contribution in [0.1, 0.15) is 48.3 Å². The largest absolute Gasteiger partial charge is 0.475 e. The van der Waals surface area contributed by atoms with Crippen molar-refractivity contribution in [2.75, 3.05) is 0 Å². The molecule has 0 spiro atoms. The third-order valence-electron chi connectivity index (χ3n) is 2.58. The van der Waals surface area contributed by atoms with E-state index in [-0.39, 0.29) is 5.76 Å². The first-order valence-electron chi connectivity index (χ1n) is 5.42. The molecule has 4 heteroatoms. The van der Waals surface area contributed by atoms with Crippen LogP contribution in [0.2, 0.25) is 0 Å². The van der Waals surface area contributed by atoms with Gasteiger partial charge in [-0.3, -0.25) is 0 Å². The fourth-order valence-corrected chi connectivity index (χ4v) is 1.63. The molecule has 1 aliphatic carbocycles. The van der Waals surface area contributed by atoms with Crippen LogP contribution in [0.4, 0.5) is 0 Å². The fraction of sp³-hybridized carbons (Fsp3) is 0.636. The first-order valence-corrected chi connectivity index (χ1v) is 5.42. The maximum atomic E-state index is 10.9. The zero-order chi connectivity index (χ0) is 10.8. The van der Waals surface area contributed by atoms with Gasteiger partial charge < -0.3 is 9.52 Å². The number of carboxylic acids is 1. The van der Waals surface area contributed by atoms with E-state index in [0.29, 0.717) is 23.9 Å². The Labute approximate surface area is 88.3 Å². The number of aryl methyl sites for hydroxylation is 1. The van der Waals surface area contributed by atoms with Crippen molar-refractivity contribution < 1.29 is 14.3 Å². The molecule has 0 unspecified atom stereocenters. The number of oxazole rings is 1. The predicted molar refractivity (Wildman–Crippen MR) is 53.9 cm³/mol. The summed E-state index contributed by atoms with van der Waals surface area (Å²) < 4.78 is 5.27. The van der Waals surface area contributed by atoms with Gasteiger partial charge in [0.1, 0.15) is 0 Å². The highest BCUT2D eigenvalue weighted by molar-refractivity contribution is 5.85. The van der Waals surface area contributed by atoms with Gasteiger partial charge in [-0.1, -0.05) is 13.3 Å². The summed E-state index contributed by atoms with van der Waals surface area (Å²) in [7, 11) is 0. The Balaban J connectivity index is 2.17. The second-order valence-electron chi connectivity index (χ2n) is 4.09. The maximum Gasteiger partial charge on any atom is 0.373 e. The minimum absolute atomic E-state index is 0.0347. The minimum atomic E-state index is -1.01. The van der Waals surface area contributed by atoms with Crippen LogP contribution in [0.5, 0.6) is 0 Å². The van der Waals surface area contributed by atoms with Crippen molar-refractivity contribution in [2.45, 2.75) is 39.0 Å². The van der Waals surface area contributed by atoms with Crippen molar-refractivity contribution in [1.82, 2.24) is 4.98 Å². The van der Waals surface area contributed by atoms with Crippen LogP contribution >= 0.6 is 0 Å². The average molecular weight is 209 g/mol. The van der Waals surface area contributed by atoms with E-state index < -0.39 is 5.97 Å². The summed E-state index contributed by atoms with van der Waals surface area (Å²) in [4.78, 5) is 15.1. The summed E-state index contributed by atoms with van der Waals surface area (Å²) >= 11 is 0. The number of hydrogen-bond donors (Lipinski definition) is 1. The van der Waals surface area contributed by atoms with E-state index in [1.807, 2.05) is 6.92 Å². The predicted octanol–water partition coefficient (Wildman–Crippen LogP) is 2.28. The Morgan fingerprint density at radius 2 is 2.33 bits per heavy atom. The summed E-state index contributed by atoms with van der Waals surface area (Å²) in [5.41, 5.74) is 0.598. The van der Waals surface area contributed by atoms with Gasteiger partial charge in [0, 0.05) is 6.42 Å². The van der Waals surface area contributed by atoms with Crippen LogP contribution in [0.15, 0.2) is 4.42 Å². The van der Waals surface area contributed by atoms with Crippen LogP contribution in [-0.4, -0.2) is 16.1 Å². The SMILES string of the molecule is CCCc1nc(CC2CC2)oc1C(=O)O. The smallest absolute Gasteiger partial charge is 0.373 e. The highest BCUT2D eigenvalue weighted by atomic mass is 16.4. The molecule has 0 aromatic carbocycles. The molecule has 4 nitrogen and oxygen atoms in total. The first kappa shape index (κ1) is 10.2. The number of rotatable bonds is 5. The lowest BCUT2D eigenvalue weighted by Gasteiger charge is -1.91. The molecule has 1 saturated carbocycles. The van der Waals surface area contributed by atoms with Gasteiger partial charge in [0.15, 0.2) is 5.89 Å². The highest BCUT2D eigenvalue weighted by Crippen LogP contribution is 2.32. The number of hydrogen-bond acceptors (Lipinski definition) is 3. The zero-order valence-corrected chi connectivity index (χ0v) is 8.82. The third-order valence-corrected chi connectivity index (χ3v) is 2.58. The van der Waals surface area contributed by atoms with Gasteiger partial charge in [-0.15, -0.1) is 0 Å². The summed E-state index contributed by atoms with van der Waals surface area (Å²) in [5.74, 6) is 0.290. The molecule has 1 heterocycles. The maximum absolute atomic E-state index is 10.9. The number of nitrogens with zero attached hydrogens (tertiary/aromatic N) is 1. The van der Waals surface area contributed by atoms with Gasteiger partial charge in [-0.25, -0.2) is 9.78 Å². The highest BCUT2D eigenvalue weighted by Gasteiger charge is 2.26. The molecule has 0 saturated heterocycles.